The normalized spacial score (nSPS) is 34.2. The van der Waals surface area contributed by atoms with E-state index in [2.05, 4.69) is 0 Å². The van der Waals surface area contributed by atoms with Crippen LogP contribution in [0.5, 0.6) is 0 Å². The maximum absolute atomic E-state index is 12.0. The van der Waals surface area contributed by atoms with E-state index in [4.69, 9.17) is 23.2 Å². The first-order valence-corrected chi connectivity index (χ1v) is 7.71. The van der Waals surface area contributed by atoms with E-state index in [-0.39, 0.29) is 16.4 Å². The molecule has 2 saturated carbocycles. The molecule has 0 spiro atoms. The van der Waals surface area contributed by atoms with Gasteiger partial charge in [0.25, 0.3) is 0 Å². The van der Waals surface area contributed by atoms with Crippen LogP contribution < -0.4 is 0 Å². The Bertz CT molecular complexity index is 337. The predicted molar refractivity (Wildman–Crippen MR) is 72.7 cm³/mol. The minimum atomic E-state index is -0.477. The highest BCUT2D eigenvalue weighted by Crippen LogP contribution is 2.51. The molecule has 2 nitrogen and oxygen atoms in total. The molecule has 0 heterocycles. The number of carbonyl (C=O) groups is 2. The fraction of sp³-hybridized carbons (Fsp3) is 0.857. The smallest absolute Gasteiger partial charge is 0.228 e. The summed E-state index contributed by atoms with van der Waals surface area (Å²) < 4.78 is 0. The van der Waals surface area contributed by atoms with Crippen LogP contribution in [-0.4, -0.2) is 10.5 Å². The van der Waals surface area contributed by atoms with E-state index in [1.807, 2.05) is 0 Å². The van der Waals surface area contributed by atoms with Gasteiger partial charge in [0.05, 0.1) is 0 Å². The van der Waals surface area contributed by atoms with Crippen molar-refractivity contribution in [2.24, 2.45) is 17.3 Å². The second-order valence-corrected chi connectivity index (χ2v) is 6.58. The second-order valence-electron chi connectivity index (χ2n) is 5.86. The molecule has 2 fully saturated rings. The summed E-state index contributed by atoms with van der Waals surface area (Å²) in [6.45, 7) is 0. The van der Waals surface area contributed by atoms with Crippen molar-refractivity contribution in [1.82, 2.24) is 0 Å². The van der Waals surface area contributed by atoms with E-state index in [9.17, 15) is 9.59 Å². The predicted octanol–water partition coefficient (Wildman–Crippen LogP) is 4.27. The van der Waals surface area contributed by atoms with E-state index >= 15 is 0 Å². The summed E-state index contributed by atoms with van der Waals surface area (Å²) in [5.41, 5.74) is -0.477. The van der Waals surface area contributed by atoms with Crippen LogP contribution in [0, 0.1) is 17.3 Å². The molecule has 2 aliphatic carbocycles. The largest absolute Gasteiger partial charge is 0.281 e. The van der Waals surface area contributed by atoms with Gasteiger partial charge in [0.2, 0.25) is 10.5 Å². The molecular weight excluding hydrogens is 271 g/mol. The quantitative estimate of drug-likeness (QED) is 0.727. The second kappa shape index (κ2) is 5.92. The third-order valence-electron chi connectivity index (χ3n) is 4.89. The first kappa shape index (κ1) is 14.3. The molecule has 0 saturated heterocycles. The topological polar surface area (TPSA) is 34.1 Å². The Hall–Kier alpha value is -0.0800. The lowest BCUT2D eigenvalue weighted by atomic mass is 9.60. The molecule has 2 atom stereocenters. The fourth-order valence-corrected chi connectivity index (χ4v) is 4.38. The van der Waals surface area contributed by atoms with Gasteiger partial charge in [0.15, 0.2) is 0 Å². The third kappa shape index (κ3) is 2.75. The molecule has 2 rings (SSSR count). The number of carbonyl (C=O) groups excluding carboxylic acids is 2. The van der Waals surface area contributed by atoms with Gasteiger partial charge in [0, 0.05) is 11.3 Å². The molecule has 102 valence electrons. The van der Waals surface area contributed by atoms with Gasteiger partial charge in [-0.3, -0.25) is 9.59 Å². The van der Waals surface area contributed by atoms with Crippen LogP contribution in [0.4, 0.5) is 0 Å². The molecular formula is C14H20Cl2O2. The first-order chi connectivity index (χ1) is 8.56. The van der Waals surface area contributed by atoms with Gasteiger partial charge >= 0.3 is 0 Å². The van der Waals surface area contributed by atoms with Crippen LogP contribution in [-0.2, 0) is 9.59 Å². The summed E-state index contributed by atoms with van der Waals surface area (Å²) in [5.74, 6) is 0.181. The van der Waals surface area contributed by atoms with E-state index in [0.717, 1.165) is 32.1 Å². The van der Waals surface area contributed by atoms with Crippen LogP contribution in [0.3, 0.4) is 0 Å². The minimum Gasteiger partial charge on any atom is -0.281 e. The SMILES string of the molecule is O=C(Cl)C1CCCC(C(=O)Cl)(C2CCCCC2)C1. The average molecular weight is 291 g/mol. The van der Waals surface area contributed by atoms with Gasteiger partial charge in [-0.15, -0.1) is 0 Å². The van der Waals surface area contributed by atoms with Gasteiger partial charge in [-0.25, -0.2) is 0 Å². The van der Waals surface area contributed by atoms with Crippen molar-refractivity contribution in [3.63, 3.8) is 0 Å². The van der Waals surface area contributed by atoms with Crippen LogP contribution in [0.2, 0.25) is 0 Å². The Labute approximate surface area is 118 Å². The summed E-state index contributed by atoms with van der Waals surface area (Å²) >= 11 is 11.6. The van der Waals surface area contributed by atoms with E-state index in [0.29, 0.717) is 12.3 Å². The molecule has 0 aromatic carbocycles. The first-order valence-electron chi connectivity index (χ1n) is 6.95. The Morgan fingerprint density at radius 2 is 1.61 bits per heavy atom. The lowest BCUT2D eigenvalue weighted by Gasteiger charge is -2.44. The van der Waals surface area contributed by atoms with Gasteiger partial charge in [-0.1, -0.05) is 25.7 Å². The molecule has 0 bridgehead atoms. The summed E-state index contributed by atoms with van der Waals surface area (Å²) in [7, 11) is 0. The monoisotopic (exact) mass is 290 g/mol. The zero-order valence-corrected chi connectivity index (χ0v) is 12.1. The molecule has 0 aromatic rings. The zero-order chi connectivity index (χ0) is 13.2. The van der Waals surface area contributed by atoms with Crippen molar-refractivity contribution in [2.75, 3.05) is 0 Å². The molecule has 0 radical (unpaired) electrons. The van der Waals surface area contributed by atoms with Crippen molar-refractivity contribution >= 4 is 33.7 Å². The molecule has 2 aliphatic rings. The van der Waals surface area contributed by atoms with Gasteiger partial charge in [-0.2, -0.15) is 0 Å². The van der Waals surface area contributed by atoms with Crippen molar-refractivity contribution in [3.8, 4) is 0 Å². The van der Waals surface area contributed by atoms with Crippen LogP contribution >= 0.6 is 23.2 Å². The lowest BCUT2D eigenvalue weighted by Crippen LogP contribution is -2.42. The Morgan fingerprint density at radius 1 is 0.944 bits per heavy atom. The van der Waals surface area contributed by atoms with Crippen molar-refractivity contribution < 1.29 is 9.59 Å². The molecule has 0 N–H and O–H groups in total. The van der Waals surface area contributed by atoms with Crippen LogP contribution in [0.15, 0.2) is 0 Å². The van der Waals surface area contributed by atoms with Gasteiger partial charge in [-0.05, 0) is 61.2 Å². The highest BCUT2D eigenvalue weighted by Gasteiger charge is 2.48. The maximum Gasteiger partial charge on any atom is 0.228 e. The number of halogens is 2. The van der Waals surface area contributed by atoms with Crippen molar-refractivity contribution in [1.29, 1.82) is 0 Å². The van der Waals surface area contributed by atoms with E-state index in [1.54, 1.807) is 0 Å². The van der Waals surface area contributed by atoms with Crippen LogP contribution in [0.1, 0.15) is 57.8 Å². The van der Waals surface area contributed by atoms with Gasteiger partial charge in [0.1, 0.15) is 0 Å². The average Bonchev–Trinajstić information content (AvgIpc) is 2.39. The van der Waals surface area contributed by atoms with Crippen LogP contribution in [0.25, 0.3) is 0 Å². The highest BCUT2D eigenvalue weighted by molar-refractivity contribution is 6.65. The summed E-state index contributed by atoms with van der Waals surface area (Å²) in [6, 6.07) is 0. The highest BCUT2D eigenvalue weighted by atomic mass is 35.5. The number of hydrogen-bond acceptors (Lipinski definition) is 2. The minimum absolute atomic E-state index is 0.176. The summed E-state index contributed by atoms with van der Waals surface area (Å²) in [4.78, 5) is 23.4. The number of hydrogen-bond donors (Lipinski definition) is 0. The van der Waals surface area contributed by atoms with E-state index < -0.39 is 5.41 Å². The summed E-state index contributed by atoms with van der Waals surface area (Å²) in [5, 5.41) is -0.537. The maximum atomic E-state index is 12.0. The van der Waals surface area contributed by atoms with Crippen molar-refractivity contribution in [3.05, 3.63) is 0 Å². The van der Waals surface area contributed by atoms with E-state index in [1.165, 1.54) is 19.3 Å². The Kier molecular flexibility index (Phi) is 4.71. The van der Waals surface area contributed by atoms with Gasteiger partial charge < -0.3 is 0 Å². The Morgan fingerprint density at radius 3 is 2.17 bits per heavy atom. The third-order valence-corrected chi connectivity index (χ3v) is 5.57. The molecule has 0 aliphatic heterocycles. The Balaban J connectivity index is 2.19. The molecule has 18 heavy (non-hydrogen) atoms. The standard InChI is InChI=1S/C14H20Cl2O2/c15-12(17)10-5-4-8-14(9-10,13(16)18)11-6-2-1-3-7-11/h10-11H,1-9H2. The molecule has 2 unspecified atom stereocenters. The molecule has 0 amide bonds. The zero-order valence-electron chi connectivity index (χ0n) is 10.6. The summed E-state index contributed by atoms with van der Waals surface area (Å²) in [6.07, 6.45) is 8.85. The fourth-order valence-electron chi connectivity index (χ4n) is 3.87. The van der Waals surface area contributed by atoms with Crippen molar-refractivity contribution in [2.45, 2.75) is 57.8 Å². The lowest BCUT2D eigenvalue weighted by molar-refractivity contribution is -0.130. The molecule has 4 heteroatoms. The number of rotatable bonds is 3. The molecule has 0 aromatic heterocycles.